The van der Waals surface area contributed by atoms with Crippen LogP contribution in [0.15, 0.2) is 24.3 Å². The Morgan fingerprint density at radius 1 is 0.964 bits per heavy atom. The molecule has 0 heterocycles. The molecule has 28 heavy (non-hydrogen) atoms. The van der Waals surface area contributed by atoms with Crippen LogP contribution in [-0.2, 0) is 16.0 Å². The van der Waals surface area contributed by atoms with E-state index in [1.54, 1.807) is 0 Å². The maximum absolute atomic E-state index is 12.9. The molecule has 2 amide bonds. The highest BCUT2D eigenvalue weighted by Crippen LogP contribution is 2.60. The van der Waals surface area contributed by atoms with E-state index < -0.39 is 0 Å². The second kappa shape index (κ2) is 8.14. The van der Waals surface area contributed by atoms with Gasteiger partial charge in [0.05, 0.1) is 13.0 Å². The van der Waals surface area contributed by atoms with Crippen LogP contribution in [-0.4, -0.2) is 31.5 Å². The standard InChI is InChI=1S/C23H32N2O3/c1-2-28-20-5-3-16(4-6-20)12-21(26)24-7-8-25-22(27)23-13-17-9-18(14-23)11-19(10-17)15-23/h3-6,17-19H,2,7-15H2,1H3,(H,24,26)(H,25,27). The molecule has 1 aromatic carbocycles. The van der Waals surface area contributed by atoms with Gasteiger partial charge in [0.2, 0.25) is 11.8 Å². The molecule has 0 spiro atoms. The SMILES string of the molecule is CCOc1ccc(CC(=O)NCCNC(=O)C23CC4CC(CC(C4)C2)C3)cc1. The minimum Gasteiger partial charge on any atom is -0.494 e. The molecule has 0 saturated heterocycles. The summed E-state index contributed by atoms with van der Waals surface area (Å²) in [6, 6.07) is 7.61. The molecule has 2 N–H and O–H groups in total. The van der Waals surface area contributed by atoms with E-state index in [4.69, 9.17) is 4.74 Å². The van der Waals surface area contributed by atoms with Gasteiger partial charge in [0, 0.05) is 18.5 Å². The molecule has 0 radical (unpaired) electrons. The Morgan fingerprint density at radius 2 is 1.54 bits per heavy atom. The first kappa shape index (κ1) is 19.3. The number of benzene rings is 1. The fraction of sp³-hybridized carbons (Fsp3) is 0.652. The van der Waals surface area contributed by atoms with Gasteiger partial charge in [-0.15, -0.1) is 0 Å². The molecule has 152 valence electrons. The number of carbonyl (C=O) groups is 2. The zero-order valence-corrected chi connectivity index (χ0v) is 16.8. The Morgan fingerprint density at radius 3 is 2.11 bits per heavy atom. The summed E-state index contributed by atoms with van der Waals surface area (Å²) in [7, 11) is 0. The fourth-order valence-electron chi connectivity index (χ4n) is 6.07. The number of rotatable bonds is 8. The van der Waals surface area contributed by atoms with E-state index in [-0.39, 0.29) is 17.2 Å². The largest absolute Gasteiger partial charge is 0.494 e. The lowest BCUT2D eigenvalue weighted by molar-refractivity contribution is -0.146. The molecule has 0 unspecified atom stereocenters. The van der Waals surface area contributed by atoms with Crippen molar-refractivity contribution >= 4 is 11.8 Å². The maximum Gasteiger partial charge on any atom is 0.226 e. The van der Waals surface area contributed by atoms with Gasteiger partial charge in [-0.3, -0.25) is 9.59 Å². The Hall–Kier alpha value is -2.04. The van der Waals surface area contributed by atoms with Gasteiger partial charge in [0.25, 0.3) is 0 Å². The highest BCUT2D eigenvalue weighted by atomic mass is 16.5. The van der Waals surface area contributed by atoms with Gasteiger partial charge in [0.15, 0.2) is 0 Å². The Bertz CT molecular complexity index is 678. The quantitative estimate of drug-likeness (QED) is 0.677. The van der Waals surface area contributed by atoms with Crippen molar-refractivity contribution in [2.24, 2.45) is 23.2 Å². The molecule has 4 aliphatic rings. The molecule has 5 heteroatoms. The van der Waals surface area contributed by atoms with Gasteiger partial charge in [-0.05, 0) is 80.9 Å². The third-order valence-electron chi connectivity index (χ3n) is 6.85. The van der Waals surface area contributed by atoms with Gasteiger partial charge in [-0.25, -0.2) is 0 Å². The maximum atomic E-state index is 12.9. The van der Waals surface area contributed by atoms with Crippen LogP contribution in [0.5, 0.6) is 5.75 Å². The molecule has 5 nitrogen and oxygen atoms in total. The first-order valence-electron chi connectivity index (χ1n) is 10.8. The molecular weight excluding hydrogens is 352 g/mol. The molecule has 1 aromatic rings. The summed E-state index contributed by atoms with van der Waals surface area (Å²) in [4.78, 5) is 25.0. The first-order valence-corrected chi connectivity index (χ1v) is 10.8. The normalized spacial score (nSPS) is 30.1. The molecule has 4 aliphatic carbocycles. The summed E-state index contributed by atoms with van der Waals surface area (Å²) in [5, 5.41) is 6.03. The van der Waals surface area contributed by atoms with E-state index in [0.29, 0.717) is 26.1 Å². The van der Waals surface area contributed by atoms with Crippen molar-refractivity contribution in [2.45, 2.75) is 51.9 Å². The number of amides is 2. The first-order chi connectivity index (χ1) is 13.6. The van der Waals surface area contributed by atoms with Crippen LogP contribution in [0.25, 0.3) is 0 Å². The summed E-state index contributed by atoms with van der Waals surface area (Å²) in [6.45, 7) is 3.57. The summed E-state index contributed by atoms with van der Waals surface area (Å²) in [5.41, 5.74) is 0.847. The molecule has 0 aromatic heterocycles. The second-order valence-corrected chi connectivity index (χ2v) is 9.06. The average molecular weight is 385 g/mol. The van der Waals surface area contributed by atoms with Crippen LogP contribution in [0.2, 0.25) is 0 Å². The van der Waals surface area contributed by atoms with Crippen molar-refractivity contribution in [3.05, 3.63) is 29.8 Å². The van der Waals surface area contributed by atoms with Crippen molar-refractivity contribution in [3.63, 3.8) is 0 Å². The summed E-state index contributed by atoms with van der Waals surface area (Å²) < 4.78 is 5.41. The van der Waals surface area contributed by atoms with Crippen molar-refractivity contribution in [2.75, 3.05) is 19.7 Å². The molecule has 0 atom stereocenters. The van der Waals surface area contributed by atoms with E-state index in [1.165, 1.54) is 19.3 Å². The molecule has 5 rings (SSSR count). The lowest BCUT2D eigenvalue weighted by atomic mass is 9.49. The topological polar surface area (TPSA) is 67.4 Å². The summed E-state index contributed by atoms with van der Waals surface area (Å²) >= 11 is 0. The van der Waals surface area contributed by atoms with Crippen molar-refractivity contribution in [1.29, 1.82) is 0 Å². The minimum absolute atomic E-state index is 0.0202. The van der Waals surface area contributed by atoms with E-state index in [2.05, 4.69) is 10.6 Å². The van der Waals surface area contributed by atoms with Crippen molar-refractivity contribution in [3.8, 4) is 5.75 Å². The predicted molar refractivity (Wildman–Crippen MR) is 108 cm³/mol. The summed E-state index contributed by atoms with van der Waals surface area (Å²) in [6.07, 6.45) is 7.60. The summed E-state index contributed by atoms with van der Waals surface area (Å²) in [5.74, 6) is 3.34. The average Bonchev–Trinajstić information content (AvgIpc) is 2.66. The van der Waals surface area contributed by atoms with Crippen LogP contribution in [0.1, 0.15) is 51.0 Å². The lowest BCUT2D eigenvalue weighted by Gasteiger charge is -2.55. The van der Waals surface area contributed by atoms with Crippen LogP contribution < -0.4 is 15.4 Å². The van der Waals surface area contributed by atoms with Crippen LogP contribution in [0.3, 0.4) is 0 Å². The third-order valence-corrected chi connectivity index (χ3v) is 6.85. The van der Waals surface area contributed by atoms with Gasteiger partial charge in [-0.2, -0.15) is 0 Å². The van der Waals surface area contributed by atoms with E-state index in [0.717, 1.165) is 48.3 Å². The van der Waals surface area contributed by atoms with E-state index in [1.807, 2.05) is 31.2 Å². The van der Waals surface area contributed by atoms with Crippen LogP contribution in [0, 0.1) is 23.2 Å². The van der Waals surface area contributed by atoms with Crippen LogP contribution >= 0.6 is 0 Å². The zero-order valence-electron chi connectivity index (χ0n) is 16.8. The van der Waals surface area contributed by atoms with Gasteiger partial charge < -0.3 is 15.4 Å². The molecule has 0 aliphatic heterocycles. The molecular formula is C23H32N2O3. The Labute approximate surface area is 167 Å². The van der Waals surface area contributed by atoms with E-state index >= 15 is 0 Å². The number of ether oxygens (including phenoxy) is 1. The number of carbonyl (C=O) groups excluding carboxylic acids is 2. The van der Waals surface area contributed by atoms with Crippen molar-refractivity contribution in [1.82, 2.24) is 10.6 Å². The minimum atomic E-state index is -0.110. The number of hydrogen-bond donors (Lipinski definition) is 2. The lowest BCUT2D eigenvalue weighted by Crippen LogP contribution is -2.54. The Kier molecular flexibility index (Phi) is 5.61. The fourth-order valence-corrected chi connectivity index (χ4v) is 6.07. The predicted octanol–water partition coefficient (Wildman–Crippen LogP) is 3.08. The third kappa shape index (κ3) is 4.18. The Balaban J connectivity index is 1.18. The molecule has 4 fully saturated rings. The van der Waals surface area contributed by atoms with Crippen LogP contribution in [0.4, 0.5) is 0 Å². The highest BCUT2D eigenvalue weighted by Gasteiger charge is 2.54. The molecule has 4 bridgehead atoms. The zero-order chi connectivity index (χ0) is 19.6. The van der Waals surface area contributed by atoms with Crippen molar-refractivity contribution < 1.29 is 14.3 Å². The number of hydrogen-bond acceptors (Lipinski definition) is 3. The van der Waals surface area contributed by atoms with Gasteiger partial charge >= 0.3 is 0 Å². The monoisotopic (exact) mass is 384 g/mol. The molecule has 4 saturated carbocycles. The van der Waals surface area contributed by atoms with E-state index in [9.17, 15) is 9.59 Å². The second-order valence-electron chi connectivity index (χ2n) is 9.06. The van der Waals surface area contributed by atoms with Gasteiger partial charge in [-0.1, -0.05) is 12.1 Å². The highest BCUT2D eigenvalue weighted by molar-refractivity contribution is 5.83. The number of nitrogens with one attached hydrogen (secondary N) is 2. The smallest absolute Gasteiger partial charge is 0.226 e. The van der Waals surface area contributed by atoms with Gasteiger partial charge in [0.1, 0.15) is 5.75 Å².